The first-order chi connectivity index (χ1) is 11.5. The minimum absolute atomic E-state index is 0. The Bertz CT molecular complexity index is 584. The van der Waals surface area contributed by atoms with Crippen molar-refractivity contribution in [2.75, 3.05) is 39.5 Å². The molecule has 3 rings (SSSR count). The number of aliphatic carboxylic acids is 1. The van der Waals surface area contributed by atoms with Gasteiger partial charge in [-0.05, 0) is 31.5 Å². The van der Waals surface area contributed by atoms with Crippen LogP contribution < -0.4 is 44.1 Å². The van der Waals surface area contributed by atoms with Gasteiger partial charge in [-0.25, -0.2) is 0 Å². The van der Waals surface area contributed by atoms with Gasteiger partial charge in [-0.1, -0.05) is 19.1 Å². The summed E-state index contributed by atoms with van der Waals surface area (Å²) in [5, 5.41) is 10.5. The summed E-state index contributed by atoms with van der Waals surface area (Å²) >= 11 is 0. The summed E-state index contributed by atoms with van der Waals surface area (Å²) in [4.78, 5) is 12.9. The predicted molar refractivity (Wildman–Crippen MR) is 86.0 cm³/mol. The van der Waals surface area contributed by atoms with Crippen LogP contribution in [0.4, 0.5) is 0 Å². The number of carbonyl (C=O) groups is 1. The van der Waals surface area contributed by atoms with E-state index in [1.165, 1.54) is 0 Å². The van der Waals surface area contributed by atoms with Crippen LogP contribution in [0.25, 0.3) is 0 Å². The smallest absolute Gasteiger partial charge is 0.548 e. The number of fused-ring (bicyclic) bond motifs is 1. The summed E-state index contributed by atoms with van der Waals surface area (Å²) in [7, 11) is 0. The molecule has 0 N–H and O–H groups in total. The first kappa shape index (κ1) is 20.5. The Hall–Kier alpha value is -0.790. The van der Waals surface area contributed by atoms with Crippen LogP contribution in [-0.4, -0.2) is 56.4 Å². The van der Waals surface area contributed by atoms with Crippen molar-refractivity contribution in [3.8, 4) is 11.5 Å². The van der Waals surface area contributed by atoms with Gasteiger partial charge in [-0.3, -0.25) is 4.90 Å². The molecule has 0 saturated carbocycles. The molecule has 1 saturated heterocycles. The fourth-order valence-electron chi connectivity index (χ4n) is 3.52. The molecule has 2 aliphatic heterocycles. The Kier molecular flexibility index (Phi) is 7.58. The van der Waals surface area contributed by atoms with E-state index in [0.29, 0.717) is 13.2 Å². The Morgan fingerprint density at radius 3 is 2.92 bits per heavy atom. The molecule has 132 valence electrons. The van der Waals surface area contributed by atoms with E-state index in [9.17, 15) is 9.90 Å². The van der Waals surface area contributed by atoms with Gasteiger partial charge in [0.2, 0.25) is 0 Å². The molecular formula is C18H24NNaO5. The maximum Gasteiger partial charge on any atom is 1.00 e. The van der Waals surface area contributed by atoms with E-state index >= 15 is 0 Å². The Morgan fingerprint density at radius 1 is 1.40 bits per heavy atom. The molecule has 2 aliphatic rings. The minimum atomic E-state index is -1.17. The number of rotatable bonds is 6. The molecule has 25 heavy (non-hydrogen) atoms. The van der Waals surface area contributed by atoms with Crippen LogP contribution in [0.1, 0.15) is 19.8 Å². The molecule has 6 nitrogen and oxygen atoms in total. The van der Waals surface area contributed by atoms with Crippen molar-refractivity contribution in [1.29, 1.82) is 0 Å². The SMILES string of the molecule is C[C@]1(COCC(=O)[O-])CCCN(C[C@H]2COc3ccccc3O2)C1.[Na+]. The molecule has 7 heteroatoms. The monoisotopic (exact) mass is 357 g/mol. The number of hydrogen-bond acceptors (Lipinski definition) is 6. The third kappa shape index (κ3) is 5.86. The van der Waals surface area contributed by atoms with Crippen LogP contribution in [0.2, 0.25) is 0 Å². The molecule has 1 fully saturated rings. The number of likely N-dealkylation sites (tertiary alicyclic amines) is 1. The number of benzene rings is 1. The molecule has 0 aromatic heterocycles. The molecular weight excluding hydrogens is 333 g/mol. The number of piperidine rings is 1. The van der Waals surface area contributed by atoms with Gasteiger partial charge in [0.15, 0.2) is 11.5 Å². The summed E-state index contributed by atoms with van der Waals surface area (Å²) in [5.74, 6) is 0.427. The summed E-state index contributed by atoms with van der Waals surface area (Å²) < 4.78 is 17.1. The van der Waals surface area contributed by atoms with Crippen molar-refractivity contribution in [2.45, 2.75) is 25.9 Å². The van der Waals surface area contributed by atoms with Gasteiger partial charge in [-0.2, -0.15) is 0 Å². The molecule has 1 aromatic rings. The standard InChI is InChI=1S/C18H25NO5.Na/c1-18(13-22-11-17(20)21)7-4-8-19(12-18)9-14-10-23-15-5-2-3-6-16(15)24-14;/h2-3,5-6,14H,4,7-13H2,1H3,(H,20,21);/q;+1/p-1/t14-,18-;/m0./s1. The van der Waals surface area contributed by atoms with E-state index in [4.69, 9.17) is 14.2 Å². The van der Waals surface area contributed by atoms with Gasteiger partial charge < -0.3 is 24.1 Å². The van der Waals surface area contributed by atoms with Crippen molar-refractivity contribution < 1.29 is 53.7 Å². The number of hydrogen-bond donors (Lipinski definition) is 0. The molecule has 1 aromatic carbocycles. The van der Waals surface area contributed by atoms with E-state index in [1.54, 1.807) is 0 Å². The van der Waals surface area contributed by atoms with Crippen LogP contribution in [0.15, 0.2) is 24.3 Å². The molecule has 0 bridgehead atoms. The van der Waals surface area contributed by atoms with Crippen molar-refractivity contribution in [2.24, 2.45) is 5.41 Å². The summed E-state index contributed by atoms with van der Waals surface area (Å²) in [5.41, 5.74) is -0.0405. The summed E-state index contributed by atoms with van der Waals surface area (Å²) in [6.07, 6.45) is 2.10. The molecule has 0 radical (unpaired) electrons. The Labute approximate surface area is 170 Å². The minimum Gasteiger partial charge on any atom is -0.548 e. The van der Waals surface area contributed by atoms with Gasteiger partial charge in [0.25, 0.3) is 0 Å². The number of carboxylic acid groups (broad SMARTS) is 1. The molecule has 0 spiro atoms. The average molecular weight is 357 g/mol. The first-order valence-electron chi connectivity index (χ1n) is 8.42. The number of ether oxygens (including phenoxy) is 3. The quantitative estimate of drug-likeness (QED) is 0.534. The molecule has 0 amide bonds. The van der Waals surface area contributed by atoms with E-state index in [2.05, 4.69) is 11.8 Å². The van der Waals surface area contributed by atoms with Crippen molar-refractivity contribution >= 4 is 5.97 Å². The van der Waals surface area contributed by atoms with Crippen LogP contribution in [0.3, 0.4) is 0 Å². The van der Waals surface area contributed by atoms with E-state index in [1.807, 2.05) is 24.3 Å². The van der Waals surface area contributed by atoms with E-state index in [-0.39, 0.29) is 47.7 Å². The fraction of sp³-hybridized carbons (Fsp3) is 0.611. The number of nitrogens with zero attached hydrogens (tertiary/aromatic N) is 1. The largest absolute Gasteiger partial charge is 1.00 e. The van der Waals surface area contributed by atoms with Crippen LogP contribution in [0.5, 0.6) is 11.5 Å². The molecule has 0 unspecified atom stereocenters. The Morgan fingerprint density at radius 2 is 2.16 bits per heavy atom. The second kappa shape index (κ2) is 9.24. The number of carboxylic acids is 1. The van der Waals surface area contributed by atoms with Crippen molar-refractivity contribution in [3.05, 3.63) is 24.3 Å². The number of para-hydroxylation sites is 2. The van der Waals surface area contributed by atoms with E-state index in [0.717, 1.165) is 44.0 Å². The summed E-state index contributed by atoms with van der Waals surface area (Å²) in [6.45, 7) is 5.45. The maximum absolute atomic E-state index is 10.5. The Balaban J connectivity index is 0.00000225. The second-order valence-corrected chi connectivity index (χ2v) is 7.01. The predicted octanol–water partition coefficient (Wildman–Crippen LogP) is -2.30. The second-order valence-electron chi connectivity index (χ2n) is 7.01. The van der Waals surface area contributed by atoms with Gasteiger partial charge in [0.05, 0.1) is 19.2 Å². The van der Waals surface area contributed by atoms with Crippen molar-refractivity contribution in [1.82, 2.24) is 4.90 Å². The van der Waals surface area contributed by atoms with Gasteiger partial charge >= 0.3 is 29.6 Å². The van der Waals surface area contributed by atoms with Crippen LogP contribution >= 0.6 is 0 Å². The van der Waals surface area contributed by atoms with E-state index < -0.39 is 5.97 Å². The van der Waals surface area contributed by atoms with Crippen LogP contribution in [-0.2, 0) is 9.53 Å². The zero-order valence-electron chi connectivity index (χ0n) is 15.0. The molecule has 2 atom stereocenters. The summed E-state index contributed by atoms with van der Waals surface area (Å²) in [6, 6.07) is 7.72. The van der Waals surface area contributed by atoms with Gasteiger partial charge in [0, 0.05) is 18.5 Å². The maximum atomic E-state index is 10.5. The van der Waals surface area contributed by atoms with Gasteiger partial charge in [0.1, 0.15) is 12.7 Å². The topological polar surface area (TPSA) is 71.1 Å². The average Bonchev–Trinajstić information content (AvgIpc) is 2.54. The van der Waals surface area contributed by atoms with Crippen LogP contribution in [0, 0.1) is 5.41 Å². The first-order valence-corrected chi connectivity index (χ1v) is 8.42. The van der Waals surface area contributed by atoms with Gasteiger partial charge in [-0.15, -0.1) is 0 Å². The normalized spacial score (nSPS) is 25.9. The van der Waals surface area contributed by atoms with Crippen molar-refractivity contribution in [3.63, 3.8) is 0 Å². The molecule has 0 aliphatic carbocycles. The number of carbonyl (C=O) groups excluding carboxylic acids is 1. The zero-order valence-corrected chi connectivity index (χ0v) is 17.0. The zero-order chi connectivity index (χ0) is 17.0. The third-order valence-electron chi connectivity index (χ3n) is 4.56. The fourth-order valence-corrected chi connectivity index (χ4v) is 3.52. The molecule has 2 heterocycles. The third-order valence-corrected chi connectivity index (χ3v) is 4.56.